The number of nitrogens with zero attached hydrogens (tertiary/aromatic N) is 3. The zero-order valence-corrected chi connectivity index (χ0v) is 21.7. The van der Waals surface area contributed by atoms with Crippen LogP contribution >= 0.6 is 39.3 Å². The van der Waals surface area contributed by atoms with E-state index < -0.39 is 47.7 Å². The minimum atomic E-state index is -4.73. The molecule has 0 bridgehead atoms. The van der Waals surface area contributed by atoms with Gasteiger partial charge in [0, 0.05) is 27.4 Å². The lowest BCUT2D eigenvalue weighted by molar-refractivity contribution is -0.173. The molecule has 0 radical (unpaired) electrons. The van der Waals surface area contributed by atoms with Crippen LogP contribution in [0, 0.1) is 0 Å². The highest BCUT2D eigenvalue weighted by Gasteiger charge is 2.48. The quantitative estimate of drug-likeness (QED) is 0.411. The molecule has 2 aliphatic heterocycles. The number of aromatic nitrogens is 1. The molecule has 2 aromatic carbocycles. The Hall–Kier alpha value is -2.63. The van der Waals surface area contributed by atoms with Gasteiger partial charge < -0.3 is 10.0 Å². The van der Waals surface area contributed by atoms with E-state index in [2.05, 4.69) is 15.9 Å². The third-order valence-corrected chi connectivity index (χ3v) is 8.44. The van der Waals surface area contributed by atoms with Gasteiger partial charge in [-0.25, -0.2) is 0 Å². The van der Waals surface area contributed by atoms with E-state index in [9.17, 15) is 27.9 Å². The number of amides is 1. The zero-order chi connectivity index (χ0) is 25.9. The summed E-state index contributed by atoms with van der Waals surface area (Å²) >= 11 is 11.4. The van der Waals surface area contributed by atoms with Gasteiger partial charge in [-0.3, -0.25) is 19.3 Å². The van der Waals surface area contributed by atoms with Gasteiger partial charge in [0.15, 0.2) is 11.4 Å². The monoisotopic (exact) mass is 599 g/mol. The Bertz CT molecular complexity index is 1450. The second-order valence-electron chi connectivity index (χ2n) is 8.46. The first kappa shape index (κ1) is 25.0. The number of alkyl halides is 3. The fourth-order valence-corrected chi connectivity index (χ4v) is 6.30. The van der Waals surface area contributed by atoms with Crippen molar-refractivity contribution in [1.29, 1.82) is 0 Å². The first-order chi connectivity index (χ1) is 17.0. The van der Waals surface area contributed by atoms with E-state index in [1.165, 1.54) is 15.9 Å². The van der Waals surface area contributed by atoms with Crippen molar-refractivity contribution in [2.45, 2.75) is 35.8 Å². The van der Waals surface area contributed by atoms with Crippen LogP contribution < -0.4 is 10.4 Å². The highest BCUT2D eigenvalue weighted by atomic mass is 79.9. The number of benzene rings is 2. The first-order valence-electron chi connectivity index (χ1n) is 10.8. The first-order valence-corrected chi connectivity index (χ1v) is 12.9. The highest BCUT2D eigenvalue weighted by Crippen LogP contribution is 2.45. The van der Waals surface area contributed by atoms with Crippen molar-refractivity contribution in [2.75, 3.05) is 11.7 Å². The van der Waals surface area contributed by atoms with Crippen LogP contribution in [0.25, 0.3) is 0 Å². The molecule has 12 heteroatoms. The largest absolute Gasteiger partial charge is 0.502 e. The lowest BCUT2D eigenvalue weighted by atomic mass is 9.94. The van der Waals surface area contributed by atoms with Crippen LogP contribution in [0.15, 0.2) is 62.8 Å². The summed E-state index contributed by atoms with van der Waals surface area (Å²) in [4.78, 5) is 27.3. The molecule has 3 heterocycles. The van der Waals surface area contributed by atoms with Crippen LogP contribution in [0.2, 0.25) is 5.02 Å². The Morgan fingerprint density at radius 1 is 1.17 bits per heavy atom. The highest BCUT2D eigenvalue weighted by molar-refractivity contribution is 9.10. The Morgan fingerprint density at radius 2 is 1.89 bits per heavy atom. The second-order valence-corrected chi connectivity index (χ2v) is 10.7. The Balaban J connectivity index is 1.82. The molecule has 36 heavy (non-hydrogen) atoms. The molecule has 0 aliphatic carbocycles. The fraction of sp³-hybridized carbons (Fsp3) is 0.250. The van der Waals surface area contributed by atoms with Gasteiger partial charge in [0.1, 0.15) is 18.8 Å². The van der Waals surface area contributed by atoms with E-state index in [1.807, 2.05) is 30.3 Å². The van der Waals surface area contributed by atoms with Gasteiger partial charge in [0.25, 0.3) is 5.91 Å². The van der Waals surface area contributed by atoms with E-state index in [4.69, 9.17) is 11.6 Å². The Morgan fingerprint density at radius 3 is 2.61 bits per heavy atom. The average molecular weight is 601 g/mol. The van der Waals surface area contributed by atoms with Gasteiger partial charge in [-0.15, -0.1) is 11.8 Å². The van der Waals surface area contributed by atoms with E-state index in [0.717, 1.165) is 22.9 Å². The molecule has 0 unspecified atom stereocenters. The third kappa shape index (κ3) is 3.97. The standard InChI is InChI=1S/C24H18BrClF3N3O3S/c1-12(24(27,28)29)30-11-32(31-9-15(25)21(33)22(34)20(31)23(30)35)19-14-6-2-3-8-17(14)36-10-13-5-4-7-16(26)18(13)19/h2-9,12,19,34H,10-11H2,1H3/t12-,19-/m1/s1. The van der Waals surface area contributed by atoms with Crippen LogP contribution in [0.5, 0.6) is 5.75 Å². The molecule has 2 atom stereocenters. The van der Waals surface area contributed by atoms with Crippen molar-refractivity contribution in [3.63, 3.8) is 0 Å². The number of hydrogen-bond acceptors (Lipinski definition) is 5. The van der Waals surface area contributed by atoms with Crippen molar-refractivity contribution in [3.05, 3.63) is 90.8 Å². The maximum Gasteiger partial charge on any atom is 0.408 e. The van der Waals surface area contributed by atoms with Crippen molar-refractivity contribution in [1.82, 2.24) is 9.58 Å². The van der Waals surface area contributed by atoms with Crippen LogP contribution in [0.1, 0.15) is 40.1 Å². The normalized spacial score (nSPS) is 18.3. The molecule has 0 spiro atoms. The topological polar surface area (TPSA) is 65.8 Å². The smallest absolute Gasteiger partial charge is 0.408 e. The van der Waals surface area contributed by atoms with Gasteiger partial charge in [-0.05, 0) is 46.1 Å². The number of pyridine rings is 1. The molecule has 0 saturated carbocycles. The van der Waals surface area contributed by atoms with E-state index in [1.54, 1.807) is 23.9 Å². The number of aromatic hydroxyl groups is 1. The van der Waals surface area contributed by atoms with Crippen LogP contribution in [0.4, 0.5) is 13.2 Å². The van der Waals surface area contributed by atoms with Gasteiger partial charge in [0.2, 0.25) is 5.43 Å². The number of carbonyl (C=O) groups excluding carboxylic acids is 1. The molecule has 1 aromatic heterocycles. The van der Waals surface area contributed by atoms with Crippen LogP contribution in [-0.4, -0.2) is 39.5 Å². The summed E-state index contributed by atoms with van der Waals surface area (Å²) in [6.07, 6.45) is -3.44. The number of fused-ring (bicyclic) bond motifs is 3. The second kappa shape index (κ2) is 9.04. The van der Waals surface area contributed by atoms with E-state index in [-0.39, 0.29) is 4.47 Å². The molecule has 0 saturated heterocycles. The maximum absolute atomic E-state index is 13.8. The minimum absolute atomic E-state index is 0.0467. The fourth-order valence-electron chi connectivity index (χ4n) is 4.54. The van der Waals surface area contributed by atoms with E-state index in [0.29, 0.717) is 21.2 Å². The summed E-state index contributed by atoms with van der Waals surface area (Å²) in [5.41, 5.74) is 0.876. The lowest BCUT2D eigenvalue weighted by Gasteiger charge is -2.46. The summed E-state index contributed by atoms with van der Waals surface area (Å²) in [5, 5.41) is 12.6. The summed E-state index contributed by atoms with van der Waals surface area (Å²) < 4.78 is 42.7. The van der Waals surface area contributed by atoms with Gasteiger partial charge in [-0.2, -0.15) is 13.2 Å². The van der Waals surface area contributed by atoms with Crippen molar-refractivity contribution >= 4 is 45.2 Å². The molecule has 188 valence electrons. The Kier molecular flexibility index (Phi) is 6.29. The molecule has 5 rings (SSSR count). The molecule has 1 N–H and O–H groups in total. The SMILES string of the molecule is C[C@@H](N1CN([C@@H]2c3ccccc3SCc3cccc(Cl)c32)n2cc(Br)c(=O)c(O)c2C1=O)C(F)(F)F. The summed E-state index contributed by atoms with van der Waals surface area (Å²) in [6, 6.07) is 9.96. The summed E-state index contributed by atoms with van der Waals surface area (Å²) in [5.74, 6) is -1.46. The van der Waals surface area contributed by atoms with Crippen LogP contribution in [-0.2, 0) is 5.75 Å². The van der Waals surface area contributed by atoms with Crippen LogP contribution in [0.3, 0.4) is 0 Å². The molecular weight excluding hydrogens is 583 g/mol. The number of rotatable bonds is 2. The van der Waals surface area contributed by atoms with Gasteiger partial charge in [-0.1, -0.05) is 41.9 Å². The molecule has 2 aliphatic rings. The number of hydrogen-bond donors (Lipinski definition) is 1. The predicted octanol–water partition coefficient (Wildman–Crippen LogP) is 5.67. The summed E-state index contributed by atoms with van der Waals surface area (Å²) in [6.45, 7) is 0.396. The van der Waals surface area contributed by atoms with Crippen molar-refractivity contribution in [3.8, 4) is 5.75 Å². The lowest BCUT2D eigenvalue weighted by Crippen LogP contribution is -2.60. The van der Waals surface area contributed by atoms with Crippen molar-refractivity contribution in [2.24, 2.45) is 0 Å². The zero-order valence-electron chi connectivity index (χ0n) is 18.6. The number of carbonyl (C=O) groups is 1. The Labute approximate surface area is 221 Å². The van der Waals surface area contributed by atoms with Gasteiger partial charge >= 0.3 is 6.18 Å². The predicted molar refractivity (Wildman–Crippen MR) is 134 cm³/mol. The molecule has 3 aromatic rings. The van der Waals surface area contributed by atoms with Crippen molar-refractivity contribution < 1.29 is 23.1 Å². The number of thioether (sulfide) groups is 1. The molecule has 1 amide bonds. The average Bonchev–Trinajstić information content (AvgIpc) is 3.00. The minimum Gasteiger partial charge on any atom is -0.502 e. The third-order valence-electron chi connectivity index (χ3n) is 6.41. The molecule has 0 fully saturated rings. The molecular formula is C24H18BrClF3N3O3S. The summed E-state index contributed by atoms with van der Waals surface area (Å²) in [7, 11) is 0. The molecule has 6 nitrogen and oxygen atoms in total. The van der Waals surface area contributed by atoms with Gasteiger partial charge in [0.05, 0.1) is 4.47 Å². The van der Waals surface area contributed by atoms with E-state index >= 15 is 0 Å². The maximum atomic E-state index is 13.8. The number of halogens is 5.